The van der Waals surface area contributed by atoms with E-state index in [0.717, 1.165) is 17.7 Å². The van der Waals surface area contributed by atoms with Crippen LogP contribution in [0.5, 0.6) is 0 Å². The van der Waals surface area contributed by atoms with Gasteiger partial charge < -0.3 is 10.2 Å². The molecule has 2 fully saturated rings. The van der Waals surface area contributed by atoms with E-state index in [1.807, 2.05) is 6.92 Å². The molecule has 1 N–H and O–H groups in total. The van der Waals surface area contributed by atoms with Crippen molar-refractivity contribution >= 4 is 29.4 Å². The number of imide groups is 1. The Hall–Kier alpha value is -2.08. The molecule has 7 heteroatoms. The van der Waals surface area contributed by atoms with E-state index in [2.05, 4.69) is 12.2 Å². The van der Waals surface area contributed by atoms with Crippen LogP contribution in [-0.2, 0) is 15.1 Å². The SMILES string of the molecule is CC[C@]1(c2ccc(Cl)cc2)NC(=O)N(CC(=O)N2CCC(C)CC2)C1=O. The number of hydrogen-bond donors (Lipinski definition) is 1. The van der Waals surface area contributed by atoms with Gasteiger partial charge >= 0.3 is 6.03 Å². The molecule has 0 radical (unpaired) electrons. The fourth-order valence-corrected chi connectivity index (χ4v) is 3.76. The zero-order valence-corrected chi connectivity index (χ0v) is 15.9. The third-order valence-corrected chi connectivity index (χ3v) is 5.72. The van der Waals surface area contributed by atoms with Crippen LogP contribution < -0.4 is 5.32 Å². The quantitative estimate of drug-likeness (QED) is 0.820. The van der Waals surface area contributed by atoms with E-state index >= 15 is 0 Å². The monoisotopic (exact) mass is 377 g/mol. The second-order valence-corrected chi connectivity index (χ2v) is 7.59. The minimum absolute atomic E-state index is 0.177. The van der Waals surface area contributed by atoms with Gasteiger partial charge in [-0.05, 0) is 42.9 Å². The second kappa shape index (κ2) is 7.27. The molecule has 0 spiro atoms. The van der Waals surface area contributed by atoms with Crippen LogP contribution in [0.1, 0.15) is 38.7 Å². The Morgan fingerprint density at radius 1 is 1.23 bits per heavy atom. The van der Waals surface area contributed by atoms with Gasteiger partial charge in [-0.25, -0.2) is 4.79 Å². The molecule has 2 saturated heterocycles. The van der Waals surface area contributed by atoms with Crippen LogP contribution in [0.3, 0.4) is 0 Å². The molecule has 140 valence electrons. The average Bonchev–Trinajstić information content (AvgIpc) is 2.88. The fourth-order valence-electron chi connectivity index (χ4n) is 3.64. The Balaban J connectivity index is 1.77. The molecule has 0 bridgehead atoms. The van der Waals surface area contributed by atoms with Gasteiger partial charge in [0.15, 0.2) is 0 Å². The highest BCUT2D eigenvalue weighted by Crippen LogP contribution is 2.33. The van der Waals surface area contributed by atoms with Gasteiger partial charge in [0.25, 0.3) is 5.91 Å². The second-order valence-electron chi connectivity index (χ2n) is 7.15. The molecule has 0 saturated carbocycles. The lowest BCUT2D eigenvalue weighted by Crippen LogP contribution is -2.47. The number of nitrogens with zero attached hydrogens (tertiary/aromatic N) is 2. The highest BCUT2D eigenvalue weighted by Gasteiger charge is 2.51. The van der Waals surface area contributed by atoms with Gasteiger partial charge in [-0.15, -0.1) is 0 Å². The summed E-state index contributed by atoms with van der Waals surface area (Å²) in [5, 5.41) is 3.35. The average molecular weight is 378 g/mol. The third kappa shape index (κ3) is 3.30. The van der Waals surface area contributed by atoms with Gasteiger partial charge in [-0.3, -0.25) is 14.5 Å². The molecule has 2 aliphatic heterocycles. The van der Waals surface area contributed by atoms with Gasteiger partial charge in [0.05, 0.1) is 0 Å². The molecule has 1 aromatic carbocycles. The number of piperidine rings is 1. The van der Waals surface area contributed by atoms with Gasteiger partial charge in [-0.2, -0.15) is 0 Å². The number of benzene rings is 1. The maximum atomic E-state index is 13.1. The largest absolute Gasteiger partial charge is 0.341 e. The normalized spacial score (nSPS) is 24.1. The number of halogens is 1. The third-order valence-electron chi connectivity index (χ3n) is 5.47. The number of hydrogen-bond acceptors (Lipinski definition) is 3. The van der Waals surface area contributed by atoms with Crippen molar-refractivity contribution in [1.82, 2.24) is 15.1 Å². The molecule has 26 heavy (non-hydrogen) atoms. The number of rotatable bonds is 4. The maximum Gasteiger partial charge on any atom is 0.325 e. The molecule has 6 nitrogen and oxygen atoms in total. The van der Waals surface area contributed by atoms with Crippen molar-refractivity contribution in [2.75, 3.05) is 19.6 Å². The van der Waals surface area contributed by atoms with E-state index in [1.54, 1.807) is 29.2 Å². The van der Waals surface area contributed by atoms with Crippen LogP contribution in [0.15, 0.2) is 24.3 Å². The summed E-state index contributed by atoms with van der Waals surface area (Å²) in [7, 11) is 0. The lowest BCUT2D eigenvalue weighted by molar-refractivity contribution is -0.140. The molecular formula is C19H24ClN3O3. The summed E-state index contributed by atoms with van der Waals surface area (Å²) in [6, 6.07) is 6.33. The van der Waals surface area contributed by atoms with E-state index < -0.39 is 11.6 Å². The first-order valence-corrected chi connectivity index (χ1v) is 9.43. The molecule has 3 rings (SSSR count). The summed E-state index contributed by atoms with van der Waals surface area (Å²) in [6.07, 6.45) is 2.30. The highest BCUT2D eigenvalue weighted by atomic mass is 35.5. The first-order chi connectivity index (χ1) is 12.4. The predicted molar refractivity (Wildman–Crippen MR) is 98.6 cm³/mol. The Morgan fingerprint density at radius 3 is 2.42 bits per heavy atom. The number of amides is 4. The Morgan fingerprint density at radius 2 is 1.85 bits per heavy atom. The van der Waals surface area contributed by atoms with E-state index in [0.29, 0.717) is 36.0 Å². The smallest absolute Gasteiger partial charge is 0.325 e. The molecule has 0 aliphatic carbocycles. The molecule has 1 aromatic rings. The maximum absolute atomic E-state index is 13.1. The van der Waals surface area contributed by atoms with Gasteiger partial charge in [0.1, 0.15) is 12.1 Å². The lowest BCUT2D eigenvalue weighted by Gasteiger charge is -2.31. The number of nitrogens with one attached hydrogen (secondary N) is 1. The topological polar surface area (TPSA) is 69.7 Å². The Bertz CT molecular complexity index is 713. The van der Waals surface area contributed by atoms with Crippen molar-refractivity contribution in [3.63, 3.8) is 0 Å². The molecule has 1 atom stereocenters. The summed E-state index contributed by atoms with van der Waals surface area (Å²) in [5.74, 6) is 0.0443. The van der Waals surface area contributed by atoms with E-state index in [4.69, 9.17) is 11.6 Å². The van der Waals surface area contributed by atoms with Gasteiger partial charge in [0.2, 0.25) is 5.91 Å². The van der Waals surface area contributed by atoms with Crippen LogP contribution in [0, 0.1) is 5.92 Å². The molecular weight excluding hydrogens is 354 g/mol. The number of carbonyl (C=O) groups excluding carboxylic acids is 3. The van der Waals surface area contributed by atoms with Gasteiger partial charge in [-0.1, -0.05) is 37.6 Å². The Labute approximate surface area is 158 Å². The van der Waals surface area contributed by atoms with Gasteiger partial charge in [0, 0.05) is 18.1 Å². The predicted octanol–water partition coefficient (Wildman–Crippen LogP) is 2.76. The van der Waals surface area contributed by atoms with Crippen molar-refractivity contribution in [3.8, 4) is 0 Å². The lowest BCUT2D eigenvalue weighted by atomic mass is 9.87. The van der Waals surface area contributed by atoms with E-state index in [1.165, 1.54) is 0 Å². The number of likely N-dealkylation sites (tertiary alicyclic amines) is 1. The summed E-state index contributed by atoms with van der Waals surface area (Å²) >= 11 is 5.93. The zero-order valence-electron chi connectivity index (χ0n) is 15.1. The number of carbonyl (C=O) groups is 3. The van der Waals surface area contributed by atoms with Crippen LogP contribution in [-0.4, -0.2) is 47.3 Å². The highest BCUT2D eigenvalue weighted by molar-refractivity contribution is 6.30. The molecule has 4 amide bonds. The molecule has 0 unspecified atom stereocenters. The molecule has 2 heterocycles. The van der Waals surface area contributed by atoms with Crippen molar-refractivity contribution in [2.24, 2.45) is 5.92 Å². The summed E-state index contributed by atoms with van der Waals surface area (Å²) in [4.78, 5) is 40.9. The molecule has 0 aromatic heterocycles. The van der Waals surface area contributed by atoms with Crippen LogP contribution in [0.25, 0.3) is 0 Å². The first kappa shape index (κ1) is 18.7. The van der Waals surface area contributed by atoms with Crippen LogP contribution >= 0.6 is 11.6 Å². The van der Waals surface area contributed by atoms with Crippen molar-refractivity contribution in [3.05, 3.63) is 34.9 Å². The first-order valence-electron chi connectivity index (χ1n) is 9.05. The minimum Gasteiger partial charge on any atom is -0.341 e. The summed E-state index contributed by atoms with van der Waals surface area (Å²) in [6.45, 7) is 5.15. The van der Waals surface area contributed by atoms with Crippen molar-refractivity contribution < 1.29 is 14.4 Å². The standard InChI is InChI=1S/C19H24ClN3O3/c1-3-19(14-4-6-15(20)7-5-14)17(25)23(18(26)21-19)12-16(24)22-10-8-13(2)9-11-22/h4-7,13H,3,8-12H2,1-2H3,(H,21,26)/t19-/m1/s1. The van der Waals surface area contributed by atoms with Crippen molar-refractivity contribution in [1.29, 1.82) is 0 Å². The number of urea groups is 1. The summed E-state index contributed by atoms with van der Waals surface area (Å²) < 4.78 is 0. The summed E-state index contributed by atoms with van der Waals surface area (Å²) in [5.41, 5.74) is -0.470. The van der Waals surface area contributed by atoms with Crippen molar-refractivity contribution in [2.45, 2.75) is 38.6 Å². The van der Waals surface area contributed by atoms with Crippen LogP contribution in [0.2, 0.25) is 5.02 Å². The van der Waals surface area contributed by atoms with Crippen LogP contribution in [0.4, 0.5) is 4.79 Å². The van der Waals surface area contributed by atoms with E-state index in [9.17, 15) is 14.4 Å². The fraction of sp³-hybridized carbons (Fsp3) is 0.526. The minimum atomic E-state index is -1.14. The Kier molecular flexibility index (Phi) is 5.23. The zero-order chi connectivity index (χ0) is 18.9. The van der Waals surface area contributed by atoms with E-state index in [-0.39, 0.29) is 18.4 Å². The molecule has 2 aliphatic rings.